The maximum atomic E-state index is 6.20. The van der Waals surface area contributed by atoms with Crippen LogP contribution in [0.5, 0.6) is 0 Å². The fourth-order valence-electron chi connectivity index (χ4n) is 2.11. The fourth-order valence-corrected chi connectivity index (χ4v) is 2.62. The number of nitrogens with one attached hydrogen (secondary N) is 1. The number of halogens is 2. The topological polar surface area (TPSA) is 29.9 Å². The Balaban J connectivity index is 2.14. The Morgan fingerprint density at radius 2 is 2.05 bits per heavy atom. The Morgan fingerprint density at radius 1 is 1.30 bits per heavy atom. The molecule has 1 N–H and O–H groups in total. The number of hydrogen-bond acceptors (Lipinski definition) is 2. The SMILES string of the molecule is CNC(C)(C)c1cncn1CCc1ccc(Cl)cc1Cl. The molecule has 0 bridgehead atoms. The van der Waals surface area contributed by atoms with Crippen LogP contribution in [0.15, 0.2) is 30.7 Å². The van der Waals surface area contributed by atoms with Crippen molar-refractivity contribution in [3.63, 3.8) is 0 Å². The van der Waals surface area contributed by atoms with Crippen molar-refractivity contribution in [2.75, 3.05) is 7.05 Å². The summed E-state index contributed by atoms with van der Waals surface area (Å²) < 4.78 is 2.15. The van der Waals surface area contributed by atoms with E-state index in [0.29, 0.717) is 10.0 Å². The van der Waals surface area contributed by atoms with E-state index in [2.05, 4.69) is 28.7 Å². The molecule has 0 saturated carbocycles. The van der Waals surface area contributed by atoms with Crippen molar-refractivity contribution in [3.8, 4) is 0 Å². The number of aromatic nitrogens is 2. The van der Waals surface area contributed by atoms with E-state index in [9.17, 15) is 0 Å². The lowest BCUT2D eigenvalue weighted by Gasteiger charge is -2.25. The number of rotatable bonds is 5. The molecule has 0 aliphatic carbocycles. The molecule has 0 aliphatic rings. The van der Waals surface area contributed by atoms with Crippen LogP contribution in [-0.2, 0) is 18.5 Å². The molecule has 5 heteroatoms. The van der Waals surface area contributed by atoms with Crippen LogP contribution in [0.25, 0.3) is 0 Å². The summed E-state index contributed by atoms with van der Waals surface area (Å²) in [6.07, 6.45) is 4.61. The Labute approximate surface area is 129 Å². The van der Waals surface area contributed by atoms with Gasteiger partial charge in [0.1, 0.15) is 0 Å². The molecule has 0 radical (unpaired) electrons. The Bertz CT molecular complexity index is 591. The van der Waals surface area contributed by atoms with Gasteiger partial charge < -0.3 is 9.88 Å². The Kier molecular flexibility index (Phi) is 4.74. The smallest absolute Gasteiger partial charge is 0.0948 e. The summed E-state index contributed by atoms with van der Waals surface area (Å²) in [5, 5.41) is 4.68. The number of benzene rings is 1. The molecule has 2 aromatic rings. The molecule has 0 atom stereocenters. The van der Waals surface area contributed by atoms with Gasteiger partial charge in [0.05, 0.1) is 17.6 Å². The van der Waals surface area contributed by atoms with Gasteiger partial charge >= 0.3 is 0 Å². The monoisotopic (exact) mass is 311 g/mol. The zero-order valence-corrected chi connectivity index (χ0v) is 13.5. The van der Waals surface area contributed by atoms with Crippen molar-refractivity contribution < 1.29 is 0 Å². The predicted octanol–water partition coefficient (Wildman–Crippen LogP) is 3.89. The maximum absolute atomic E-state index is 6.20. The standard InChI is InChI=1S/C15H19Cl2N3/c1-15(2,18-3)14-9-19-10-20(14)7-6-11-4-5-12(16)8-13(11)17/h4-5,8-10,18H,6-7H2,1-3H3. The van der Waals surface area contributed by atoms with E-state index in [1.165, 1.54) is 0 Å². The van der Waals surface area contributed by atoms with Crippen LogP contribution < -0.4 is 5.32 Å². The minimum atomic E-state index is -0.111. The van der Waals surface area contributed by atoms with Gasteiger partial charge in [-0.25, -0.2) is 4.98 Å². The molecule has 0 saturated heterocycles. The average Bonchev–Trinajstić information content (AvgIpc) is 2.87. The van der Waals surface area contributed by atoms with E-state index in [-0.39, 0.29) is 5.54 Å². The molecule has 0 fully saturated rings. The van der Waals surface area contributed by atoms with Crippen LogP contribution in [0, 0.1) is 0 Å². The normalized spacial score (nSPS) is 11.8. The highest BCUT2D eigenvalue weighted by atomic mass is 35.5. The molecule has 1 aromatic heterocycles. The van der Waals surface area contributed by atoms with Crippen LogP contribution >= 0.6 is 23.2 Å². The first kappa shape index (κ1) is 15.4. The largest absolute Gasteiger partial charge is 0.333 e. The Morgan fingerprint density at radius 3 is 2.70 bits per heavy atom. The summed E-state index contributed by atoms with van der Waals surface area (Å²) >= 11 is 12.1. The lowest BCUT2D eigenvalue weighted by molar-refractivity contribution is 0.408. The summed E-state index contributed by atoms with van der Waals surface area (Å²) in [4.78, 5) is 4.25. The van der Waals surface area contributed by atoms with Gasteiger partial charge in [0.25, 0.3) is 0 Å². The van der Waals surface area contributed by atoms with Crippen molar-refractivity contribution in [3.05, 3.63) is 52.0 Å². The highest BCUT2D eigenvalue weighted by Gasteiger charge is 2.21. The fraction of sp³-hybridized carbons (Fsp3) is 0.400. The molecule has 1 heterocycles. The second kappa shape index (κ2) is 6.17. The first-order valence-electron chi connectivity index (χ1n) is 6.57. The van der Waals surface area contributed by atoms with E-state index < -0.39 is 0 Å². The summed E-state index contributed by atoms with van der Waals surface area (Å²) in [5.74, 6) is 0. The molecule has 20 heavy (non-hydrogen) atoms. The molecular weight excluding hydrogens is 293 g/mol. The van der Waals surface area contributed by atoms with Crippen molar-refractivity contribution in [2.24, 2.45) is 0 Å². The second-order valence-electron chi connectivity index (χ2n) is 5.33. The minimum absolute atomic E-state index is 0.111. The highest BCUT2D eigenvalue weighted by Crippen LogP contribution is 2.23. The van der Waals surface area contributed by atoms with Gasteiger partial charge in [0.2, 0.25) is 0 Å². The molecular formula is C15H19Cl2N3. The number of aryl methyl sites for hydroxylation is 2. The lowest BCUT2D eigenvalue weighted by Crippen LogP contribution is -2.35. The quantitative estimate of drug-likeness (QED) is 0.908. The van der Waals surface area contributed by atoms with E-state index in [4.69, 9.17) is 23.2 Å². The summed E-state index contributed by atoms with van der Waals surface area (Å²) in [5.41, 5.74) is 2.14. The molecule has 1 aromatic carbocycles. The zero-order valence-electron chi connectivity index (χ0n) is 12.0. The summed E-state index contributed by atoms with van der Waals surface area (Å²) in [7, 11) is 1.95. The number of imidazole rings is 1. The van der Waals surface area contributed by atoms with E-state index in [1.54, 1.807) is 6.07 Å². The molecule has 108 valence electrons. The zero-order chi connectivity index (χ0) is 14.8. The van der Waals surface area contributed by atoms with Crippen LogP contribution in [0.1, 0.15) is 25.1 Å². The van der Waals surface area contributed by atoms with Crippen molar-refractivity contribution in [2.45, 2.75) is 32.4 Å². The predicted molar refractivity (Wildman–Crippen MR) is 84.5 cm³/mol. The number of hydrogen-bond donors (Lipinski definition) is 1. The summed E-state index contributed by atoms with van der Waals surface area (Å²) in [6, 6.07) is 5.63. The molecule has 0 amide bonds. The highest BCUT2D eigenvalue weighted by molar-refractivity contribution is 6.35. The van der Waals surface area contributed by atoms with Gasteiger partial charge in [-0.15, -0.1) is 0 Å². The minimum Gasteiger partial charge on any atom is -0.333 e. The third-order valence-electron chi connectivity index (χ3n) is 3.61. The second-order valence-corrected chi connectivity index (χ2v) is 6.18. The van der Waals surface area contributed by atoms with Crippen LogP contribution in [0.4, 0.5) is 0 Å². The average molecular weight is 312 g/mol. The van der Waals surface area contributed by atoms with Gasteiger partial charge in [0, 0.05) is 22.8 Å². The molecule has 2 rings (SSSR count). The van der Waals surface area contributed by atoms with Crippen molar-refractivity contribution >= 4 is 23.2 Å². The molecule has 0 unspecified atom stereocenters. The van der Waals surface area contributed by atoms with E-state index in [1.807, 2.05) is 31.7 Å². The first-order valence-corrected chi connectivity index (χ1v) is 7.33. The summed E-state index contributed by atoms with van der Waals surface area (Å²) in [6.45, 7) is 5.10. The van der Waals surface area contributed by atoms with Gasteiger partial charge in [-0.05, 0) is 45.0 Å². The van der Waals surface area contributed by atoms with Gasteiger partial charge in [-0.1, -0.05) is 29.3 Å². The Hall–Kier alpha value is -1.03. The van der Waals surface area contributed by atoms with E-state index >= 15 is 0 Å². The third-order valence-corrected chi connectivity index (χ3v) is 4.20. The maximum Gasteiger partial charge on any atom is 0.0948 e. The first-order chi connectivity index (χ1) is 9.44. The molecule has 0 aliphatic heterocycles. The van der Waals surface area contributed by atoms with Crippen LogP contribution in [-0.4, -0.2) is 16.6 Å². The van der Waals surface area contributed by atoms with Crippen molar-refractivity contribution in [1.82, 2.24) is 14.9 Å². The number of nitrogens with zero attached hydrogens (tertiary/aromatic N) is 2. The van der Waals surface area contributed by atoms with Crippen molar-refractivity contribution in [1.29, 1.82) is 0 Å². The molecule has 3 nitrogen and oxygen atoms in total. The van der Waals surface area contributed by atoms with E-state index in [0.717, 1.165) is 24.2 Å². The van der Waals surface area contributed by atoms with Gasteiger partial charge in [0.15, 0.2) is 0 Å². The molecule has 0 spiro atoms. The van der Waals surface area contributed by atoms with Crippen LogP contribution in [0.2, 0.25) is 10.0 Å². The van der Waals surface area contributed by atoms with Gasteiger partial charge in [-0.2, -0.15) is 0 Å². The van der Waals surface area contributed by atoms with Gasteiger partial charge in [-0.3, -0.25) is 0 Å². The lowest BCUT2D eigenvalue weighted by atomic mass is 10.0. The third kappa shape index (κ3) is 3.35. The van der Waals surface area contributed by atoms with Crippen LogP contribution in [0.3, 0.4) is 0 Å².